The number of nitrogens with one attached hydrogen (secondary N) is 1. The van der Waals surface area contributed by atoms with Crippen LogP contribution in [0.2, 0.25) is 0 Å². The average molecular weight is 166 g/mol. The van der Waals surface area contributed by atoms with E-state index in [1.807, 2.05) is 0 Å². The number of aromatic nitrogens is 3. The molecule has 0 aromatic carbocycles. The van der Waals surface area contributed by atoms with Gasteiger partial charge in [0.05, 0.1) is 18.9 Å². The van der Waals surface area contributed by atoms with E-state index in [0.717, 1.165) is 13.1 Å². The number of nitrogens with zero attached hydrogens (tertiary/aromatic N) is 3. The molecule has 1 aromatic rings. The third kappa shape index (κ3) is 1.82. The van der Waals surface area contributed by atoms with Crippen LogP contribution in [0.4, 0.5) is 0 Å². The van der Waals surface area contributed by atoms with Gasteiger partial charge in [0.25, 0.3) is 0 Å². The molecule has 1 aromatic heterocycles. The molecule has 0 aliphatic carbocycles. The Morgan fingerprint density at radius 2 is 2.25 bits per heavy atom. The van der Waals surface area contributed by atoms with Crippen molar-refractivity contribution in [2.45, 2.75) is 19.4 Å². The zero-order valence-electron chi connectivity index (χ0n) is 7.11. The molecule has 4 heteroatoms. The van der Waals surface area contributed by atoms with Gasteiger partial charge in [0.2, 0.25) is 0 Å². The predicted molar refractivity (Wildman–Crippen MR) is 45.6 cm³/mol. The summed E-state index contributed by atoms with van der Waals surface area (Å²) < 4.78 is 0. The van der Waals surface area contributed by atoms with Gasteiger partial charge in [0, 0.05) is 0 Å². The zero-order valence-corrected chi connectivity index (χ0v) is 7.11. The summed E-state index contributed by atoms with van der Waals surface area (Å²) in [5, 5.41) is 11.6. The van der Waals surface area contributed by atoms with Crippen LogP contribution in [0.25, 0.3) is 0 Å². The quantitative estimate of drug-likeness (QED) is 0.686. The summed E-state index contributed by atoms with van der Waals surface area (Å²) in [6.45, 7) is 3.24. The van der Waals surface area contributed by atoms with E-state index in [4.69, 9.17) is 0 Å². The van der Waals surface area contributed by atoms with Crippen LogP contribution in [-0.2, 0) is 6.54 Å². The largest absolute Gasteiger partial charge is 0.316 e. The first kappa shape index (κ1) is 7.73. The van der Waals surface area contributed by atoms with Crippen molar-refractivity contribution in [1.82, 2.24) is 20.3 Å². The van der Waals surface area contributed by atoms with Crippen molar-refractivity contribution in [2.24, 2.45) is 5.92 Å². The molecule has 4 nitrogen and oxygen atoms in total. The standard InChI is InChI=1S/C8H14N4/c1-2-8(6-9-3-1)7-12-10-4-5-11-12/h4-5,8-9H,1-3,6-7H2/t8-/m0/s1. The smallest absolute Gasteiger partial charge is 0.0693 e. The highest BCUT2D eigenvalue weighted by atomic mass is 15.5. The predicted octanol–water partition coefficient (Wildman–Crippen LogP) is 0.278. The van der Waals surface area contributed by atoms with Gasteiger partial charge >= 0.3 is 0 Å². The SMILES string of the molecule is c1cnn(C[C@H]2CCCNC2)n1. The van der Waals surface area contributed by atoms with E-state index < -0.39 is 0 Å². The van der Waals surface area contributed by atoms with Crippen molar-refractivity contribution < 1.29 is 0 Å². The highest BCUT2D eigenvalue weighted by Gasteiger charge is 2.13. The van der Waals surface area contributed by atoms with Crippen molar-refractivity contribution in [3.05, 3.63) is 12.4 Å². The van der Waals surface area contributed by atoms with Crippen LogP contribution in [0.5, 0.6) is 0 Å². The van der Waals surface area contributed by atoms with E-state index in [1.54, 1.807) is 17.2 Å². The van der Waals surface area contributed by atoms with Gasteiger partial charge in [-0.1, -0.05) is 0 Å². The van der Waals surface area contributed by atoms with Gasteiger partial charge in [-0.25, -0.2) is 0 Å². The van der Waals surface area contributed by atoms with Crippen LogP contribution in [0, 0.1) is 5.92 Å². The first-order valence-corrected chi connectivity index (χ1v) is 4.50. The fourth-order valence-electron chi connectivity index (χ4n) is 1.65. The van der Waals surface area contributed by atoms with Crippen molar-refractivity contribution in [3.8, 4) is 0 Å². The maximum Gasteiger partial charge on any atom is 0.0693 e. The molecule has 0 spiro atoms. The molecule has 0 amide bonds. The molecule has 2 heterocycles. The summed E-state index contributed by atoms with van der Waals surface area (Å²) in [5.41, 5.74) is 0. The highest BCUT2D eigenvalue weighted by Crippen LogP contribution is 2.10. The van der Waals surface area contributed by atoms with Gasteiger partial charge in [-0.2, -0.15) is 15.0 Å². The lowest BCUT2D eigenvalue weighted by molar-refractivity contribution is 0.309. The molecule has 0 bridgehead atoms. The number of hydrogen-bond acceptors (Lipinski definition) is 3. The molecule has 0 saturated carbocycles. The molecule has 1 aliphatic heterocycles. The fraction of sp³-hybridized carbons (Fsp3) is 0.750. The minimum absolute atomic E-state index is 0.714. The Labute approximate surface area is 72.0 Å². The normalized spacial score (nSPS) is 24.2. The summed E-state index contributed by atoms with van der Waals surface area (Å²) in [5.74, 6) is 0.714. The lowest BCUT2D eigenvalue weighted by Crippen LogP contribution is -2.32. The zero-order chi connectivity index (χ0) is 8.23. The van der Waals surface area contributed by atoms with Gasteiger partial charge in [0.1, 0.15) is 0 Å². The Morgan fingerprint density at radius 3 is 2.92 bits per heavy atom. The van der Waals surface area contributed by atoms with Crippen LogP contribution in [0.1, 0.15) is 12.8 Å². The molecular weight excluding hydrogens is 152 g/mol. The summed E-state index contributed by atoms with van der Waals surface area (Å²) in [4.78, 5) is 1.78. The minimum Gasteiger partial charge on any atom is -0.316 e. The minimum atomic E-state index is 0.714. The topological polar surface area (TPSA) is 42.7 Å². The Hall–Kier alpha value is -0.900. The molecule has 1 atom stereocenters. The van der Waals surface area contributed by atoms with Crippen molar-refractivity contribution in [2.75, 3.05) is 13.1 Å². The van der Waals surface area contributed by atoms with Crippen LogP contribution in [0.15, 0.2) is 12.4 Å². The molecule has 2 rings (SSSR count). The Morgan fingerprint density at radius 1 is 1.42 bits per heavy atom. The Kier molecular flexibility index (Phi) is 2.36. The van der Waals surface area contributed by atoms with Gasteiger partial charge in [0.15, 0.2) is 0 Å². The molecular formula is C8H14N4. The van der Waals surface area contributed by atoms with Crippen LogP contribution in [-0.4, -0.2) is 28.1 Å². The lowest BCUT2D eigenvalue weighted by Gasteiger charge is -2.21. The third-order valence-electron chi connectivity index (χ3n) is 2.29. The van der Waals surface area contributed by atoms with Gasteiger partial charge in [-0.15, -0.1) is 0 Å². The van der Waals surface area contributed by atoms with Crippen LogP contribution < -0.4 is 5.32 Å². The monoisotopic (exact) mass is 166 g/mol. The second kappa shape index (κ2) is 3.67. The van der Waals surface area contributed by atoms with Crippen LogP contribution in [0.3, 0.4) is 0 Å². The lowest BCUT2D eigenvalue weighted by atomic mass is 10.0. The van der Waals surface area contributed by atoms with Crippen molar-refractivity contribution in [3.63, 3.8) is 0 Å². The molecule has 1 N–H and O–H groups in total. The summed E-state index contributed by atoms with van der Waals surface area (Å²) in [7, 11) is 0. The molecule has 12 heavy (non-hydrogen) atoms. The van der Waals surface area contributed by atoms with Crippen molar-refractivity contribution >= 4 is 0 Å². The molecule has 1 fully saturated rings. The second-order valence-corrected chi connectivity index (χ2v) is 3.30. The molecule has 0 radical (unpaired) electrons. The van der Waals surface area contributed by atoms with Crippen molar-refractivity contribution in [1.29, 1.82) is 0 Å². The van der Waals surface area contributed by atoms with E-state index in [1.165, 1.54) is 19.4 Å². The van der Waals surface area contributed by atoms with Gasteiger partial charge in [-0.3, -0.25) is 0 Å². The Balaban J connectivity index is 1.86. The van der Waals surface area contributed by atoms with E-state index in [2.05, 4.69) is 15.5 Å². The molecule has 1 saturated heterocycles. The fourth-order valence-corrected chi connectivity index (χ4v) is 1.65. The number of piperidine rings is 1. The van der Waals surface area contributed by atoms with Crippen LogP contribution >= 0.6 is 0 Å². The number of rotatable bonds is 2. The van der Waals surface area contributed by atoms with Gasteiger partial charge < -0.3 is 5.32 Å². The number of hydrogen-bond donors (Lipinski definition) is 1. The van der Waals surface area contributed by atoms with E-state index in [-0.39, 0.29) is 0 Å². The second-order valence-electron chi connectivity index (χ2n) is 3.30. The van der Waals surface area contributed by atoms with E-state index >= 15 is 0 Å². The molecule has 66 valence electrons. The summed E-state index contributed by atoms with van der Waals surface area (Å²) >= 11 is 0. The average Bonchev–Trinajstić information content (AvgIpc) is 2.59. The van der Waals surface area contributed by atoms with E-state index in [0.29, 0.717) is 5.92 Å². The summed E-state index contributed by atoms with van der Waals surface area (Å²) in [6, 6.07) is 0. The first-order valence-electron chi connectivity index (χ1n) is 4.50. The Bertz CT molecular complexity index is 213. The molecule has 1 aliphatic rings. The maximum absolute atomic E-state index is 4.09. The molecule has 0 unspecified atom stereocenters. The van der Waals surface area contributed by atoms with Gasteiger partial charge in [-0.05, 0) is 31.8 Å². The first-order chi connectivity index (χ1) is 5.95. The highest BCUT2D eigenvalue weighted by molar-refractivity contribution is 4.69. The van der Waals surface area contributed by atoms with E-state index in [9.17, 15) is 0 Å². The summed E-state index contributed by atoms with van der Waals surface area (Å²) in [6.07, 6.45) is 6.05. The maximum atomic E-state index is 4.09. The third-order valence-corrected chi connectivity index (χ3v) is 2.29.